The van der Waals surface area contributed by atoms with Crippen molar-refractivity contribution in [3.8, 4) is 0 Å². The molecule has 1 aliphatic rings. The van der Waals surface area contributed by atoms with Crippen LogP contribution >= 0.6 is 0 Å². The Labute approximate surface area is 87.1 Å². The number of aliphatic hydroxyl groups is 1. The number of hydrogen-bond donors (Lipinski definition) is 1. The van der Waals surface area contributed by atoms with Gasteiger partial charge in [-0.05, 0) is 12.5 Å². The third-order valence-corrected chi connectivity index (χ3v) is 2.08. The molecule has 0 aromatic heterocycles. The number of aliphatic hydroxyl groups excluding tert-OH is 1. The zero-order chi connectivity index (χ0) is 11.4. The maximum absolute atomic E-state index is 11.3. The molecule has 0 aliphatic carbocycles. The molecule has 0 saturated carbocycles. The molecule has 1 atom stereocenters. The van der Waals surface area contributed by atoms with Crippen LogP contribution in [0, 0.1) is 0 Å². The average molecular weight is 215 g/mol. The summed E-state index contributed by atoms with van der Waals surface area (Å²) in [7, 11) is 2.43. The number of rotatable bonds is 1. The van der Waals surface area contributed by atoms with E-state index >= 15 is 0 Å². The molecule has 6 heteroatoms. The molecule has 0 aromatic rings. The Kier molecular flexibility index (Phi) is 3.68. The zero-order valence-corrected chi connectivity index (χ0v) is 8.60. The Bertz CT molecular complexity index is 299. The van der Waals surface area contributed by atoms with Crippen LogP contribution in [-0.4, -0.2) is 48.9 Å². The maximum atomic E-state index is 11.3. The highest BCUT2D eigenvalue weighted by atomic mass is 16.5. The highest BCUT2D eigenvalue weighted by molar-refractivity contribution is 5.92. The summed E-state index contributed by atoms with van der Waals surface area (Å²) in [6.45, 7) is 0.231. The van der Waals surface area contributed by atoms with E-state index in [1.165, 1.54) is 20.3 Å². The molecule has 0 bridgehead atoms. The second kappa shape index (κ2) is 4.79. The summed E-state index contributed by atoms with van der Waals surface area (Å²) < 4.78 is 9.00. The molecule has 1 aliphatic heterocycles. The first-order chi connectivity index (χ1) is 7.10. The fraction of sp³-hybridized carbons (Fsp3) is 0.556. The van der Waals surface area contributed by atoms with E-state index in [4.69, 9.17) is 0 Å². The summed E-state index contributed by atoms with van der Waals surface area (Å²) in [5.74, 6) is -0.667. The fourth-order valence-corrected chi connectivity index (χ4v) is 1.32. The van der Waals surface area contributed by atoms with Gasteiger partial charge in [-0.25, -0.2) is 9.59 Å². The first kappa shape index (κ1) is 11.5. The van der Waals surface area contributed by atoms with Crippen LogP contribution in [-0.2, 0) is 14.3 Å². The van der Waals surface area contributed by atoms with Crippen LogP contribution < -0.4 is 0 Å². The van der Waals surface area contributed by atoms with Crippen molar-refractivity contribution in [2.45, 2.75) is 12.5 Å². The molecule has 84 valence electrons. The number of amides is 1. The first-order valence-electron chi connectivity index (χ1n) is 4.43. The van der Waals surface area contributed by atoms with Crippen LogP contribution in [0.1, 0.15) is 6.42 Å². The van der Waals surface area contributed by atoms with E-state index in [-0.39, 0.29) is 12.2 Å². The van der Waals surface area contributed by atoms with Gasteiger partial charge in [0.25, 0.3) is 0 Å². The molecule has 0 radical (unpaired) electrons. The fourth-order valence-electron chi connectivity index (χ4n) is 1.32. The summed E-state index contributed by atoms with van der Waals surface area (Å²) in [5, 5.41) is 9.33. The number of esters is 1. The lowest BCUT2D eigenvalue weighted by Crippen LogP contribution is -2.39. The lowest BCUT2D eigenvalue weighted by atomic mass is 10.1. The zero-order valence-electron chi connectivity index (χ0n) is 8.60. The molecule has 6 nitrogen and oxygen atoms in total. The summed E-state index contributed by atoms with van der Waals surface area (Å²) in [5.41, 5.74) is 0.0168. The second-order valence-corrected chi connectivity index (χ2v) is 3.02. The number of nitrogens with zero attached hydrogens (tertiary/aromatic N) is 1. The van der Waals surface area contributed by atoms with Gasteiger partial charge in [-0.2, -0.15) is 0 Å². The van der Waals surface area contributed by atoms with Crippen LogP contribution in [0.4, 0.5) is 4.79 Å². The van der Waals surface area contributed by atoms with Crippen molar-refractivity contribution < 1.29 is 24.2 Å². The molecule has 1 rings (SSSR count). The number of carbonyl (C=O) groups is 2. The number of carbonyl (C=O) groups excluding carboxylic acids is 2. The Morgan fingerprint density at radius 1 is 1.47 bits per heavy atom. The van der Waals surface area contributed by atoms with E-state index < -0.39 is 18.2 Å². The largest absolute Gasteiger partial charge is 0.464 e. The summed E-state index contributed by atoms with van der Waals surface area (Å²) >= 11 is 0. The van der Waals surface area contributed by atoms with Gasteiger partial charge in [0.2, 0.25) is 0 Å². The van der Waals surface area contributed by atoms with E-state index in [2.05, 4.69) is 9.47 Å². The van der Waals surface area contributed by atoms with Crippen LogP contribution in [0.15, 0.2) is 11.8 Å². The molecule has 1 heterocycles. The van der Waals surface area contributed by atoms with Crippen molar-refractivity contribution in [2.75, 3.05) is 20.8 Å². The van der Waals surface area contributed by atoms with E-state index in [1.807, 2.05) is 0 Å². The minimum atomic E-state index is -0.736. The van der Waals surface area contributed by atoms with Gasteiger partial charge in [-0.1, -0.05) is 0 Å². The van der Waals surface area contributed by atoms with Crippen LogP contribution in [0.25, 0.3) is 0 Å². The molecule has 15 heavy (non-hydrogen) atoms. The third-order valence-electron chi connectivity index (χ3n) is 2.08. The maximum Gasteiger partial charge on any atom is 0.414 e. The van der Waals surface area contributed by atoms with Crippen LogP contribution in [0.5, 0.6) is 0 Å². The van der Waals surface area contributed by atoms with Gasteiger partial charge in [0.1, 0.15) is 5.70 Å². The van der Waals surface area contributed by atoms with Crippen LogP contribution in [0.3, 0.4) is 0 Å². The summed E-state index contributed by atoms with van der Waals surface area (Å²) in [4.78, 5) is 23.7. The van der Waals surface area contributed by atoms with Gasteiger partial charge in [-0.3, -0.25) is 4.90 Å². The van der Waals surface area contributed by atoms with Gasteiger partial charge < -0.3 is 14.6 Å². The molecule has 1 amide bonds. The highest BCUT2D eigenvalue weighted by Crippen LogP contribution is 2.17. The normalized spacial score (nSPS) is 20.6. The van der Waals surface area contributed by atoms with Crippen molar-refractivity contribution >= 4 is 12.1 Å². The molecular weight excluding hydrogens is 202 g/mol. The Hall–Kier alpha value is -1.56. The van der Waals surface area contributed by atoms with E-state index in [0.717, 1.165) is 4.90 Å². The van der Waals surface area contributed by atoms with E-state index in [9.17, 15) is 14.7 Å². The Morgan fingerprint density at radius 2 is 2.13 bits per heavy atom. The quantitative estimate of drug-likeness (QED) is 0.617. The van der Waals surface area contributed by atoms with Gasteiger partial charge in [0.15, 0.2) is 0 Å². The minimum Gasteiger partial charge on any atom is -0.464 e. The van der Waals surface area contributed by atoms with Crippen molar-refractivity contribution in [3.05, 3.63) is 11.8 Å². The van der Waals surface area contributed by atoms with E-state index in [0.29, 0.717) is 6.42 Å². The number of methoxy groups -OCH3 is 2. The van der Waals surface area contributed by atoms with Gasteiger partial charge >= 0.3 is 12.1 Å². The van der Waals surface area contributed by atoms with Crippen molar-refractivity contribution in [1.82, 2.24) is 4.90 Å². The molecule has 0 spiro atoms. The molecule has 0 aromatic carbocycles. The second-order valence-electron chi connectivity index (χ2n) is 3.02. The highest BCUT2D eigenvalue weighted by Gasteiger charge is 2.29. The lowest BCUT2D eigenvalue weighted by molar-refractivity contribution is -0.138. The standard InChI is InChI=1S/C9H13NO5/c1-14-8(12)7-5-6(11)3-4-10(7)9(13)15-2/h5-6,11H,3-4H2,1-2H3/t6-/m1/s1. The summed E-state index contributed by atoms with van der Waals surface area (Å²) in [6, 6.07) is 0. The van der Waals surface area contributed by atoms with Gasteiger partial charge in [-0.15, -0.1) is 0 Å². The van der Waals surface area contributed by atoms with Crippen LogP contribution in [0.2, 0.25) is 0 Å². The van der Waals surface area contributed by atoms with Crippen molar-refractivity contribution in [1.29, 1.82) is 0 Å². The number of ether oxygens (including phenoxy) is 2. The van der Waals surface area contributed by atoms with E-state index in [1.54, 1.807) is 0 Å². The van der Waals surface area contributed by atoms with Gasteiger partial charge in [0, 0.05) is 6.54 Å². The average Bonchev–Trinajstić information content (AvgIpc) is 2.26. The topological polar surface area (TPSA) is 76.1 Å². The minimum absolute atomic E-state index is 0.0168. The Balaban J connectivity index is 2.92. The van der Waals surface area contributed by atoms with Gasteiger partial charge in [0.05, 0.1) is 20.3 Å². The predicted octanol–water partition coefficient (Wildman–Crippen LogP) is -0.124. The first-order valence-corrected chi connectivity index (χ1v) is 4.43. The van der Waals surface area contributed by atoms with Crippen molar-refractivity contribution in [2.24, 2.45) is 0 Å². The predicted molar refractivity (Wildman–Crippen MR) is 49.8 cm³/mol. The molecule has 0 fully saturated rings. The molecule has 0 saturated heterocycles. The number of hydrogen-bond acceptors (Lipinski definition) is 5. The molecule has 1 N–H and O–H groups in total. The Morgan fingerprint density at radius 3 is 2.67 bits per heavy atom. The monoisotopic (exact) mass is 215 g/mol. The summed E-state index contributed by atoms with van der Waals surface area (Å²) in [6.07, 6.45) is 0.278. The van der Waals surface area contributed by atoms with Crippen molar-refractivity contribution in [3.63, 3.8) is 0 Å². The smallest absolute Gasteiger partial charge is 0.414 e. The molecular formula is C9H13NO5. The lowest BCUT2D eigenvalue weighted by Gasteiger charge is -2.27. The molecule has 0 unspecified atom stereocenters. The SMILES string of the molecule is COC(=O)C1=C[C@H](O)CCN1C(=O)OC. The third kappa shape index (κ3) is 2.47.